The quantitative estimate of drug-likeness (QED) is 0.859. The fourth-order valence-corrected chi connectivity index (χ4v) is 2.48. The molecule has 1 aliphatic rings. The second-order valence-electron chi connectivity index (χ2n) is 5.77. The third-order valence-electron chi connectivity index (χ3n) is 4.16. The van der Waals surface area contributed by atoms with Crippen molar-refractivity contribution >= 4 is 5.91 Å². The van der Waals surface area contributed by atoms with Crippen LogP contribution in [0.25, 0.3) is 0 Å². The van der Waals surface area contributed by atoms with Gasteiger partial charge in [-0.3, -0.25) is 9.69 Å². The number of nitrogens with zero attached hydrogens (tertiary/aromatic N) is 2. The van der Waals surface area contributed by atoms with Crippen molar-refractivity contribution in [1.82, 2.24) is 15.4 Å². The molecule has 1 aliphatic heterocycles. The SMILES string of the molecule is Cc1noc(C)c1CN(C)[C@@H](C)C(=O)NC[C@H]1CCCO1. The highest BCUT2D eigenvalue weighted by atomic mass is 16.5. The Morgan fingerprint density at radius 3 is 2.86 bits per heavy atom. The molecule has 21 heavy (non-hydrogen) atoms. The molecule has 2 rings (SSSR count). The van der Waals surface area contributed by atoms with Gasteiger partial charge >= 0.3 is 0 Å². The van der Waals surface area contributed by atoms with Crippen LogP contribution in [0.15, 0.2) is 4.52 Å². The van der Waals surface area contributed by atoms with E-state index in [0.717, 1.165) is 36.5 Å². The molecule has 1 amide bonds. The van der Waals surface area contributed by atoms with E-state index >= 15 is 0 Å². The average Bonchev–Trinajstić information content (AvgIpc) is 3.09. The Morgan fingerprint density at radius 1 is 1.52 bits per heavy atom. The van der Waals surface area contributed by atoms with Gasteiger partial charge in [0, 0.05) is 25.3 Å². The number of amides is 1. The lowest BCUT2D eigenvalue weighted by Gasteiger charge is -2.24. The Labute approximate surface area is 125 Å². The highest BCUT2D eigenvalue weighted by Gasteiger charge is 2.22. The summed E-state index contributed by atoms with van der Waals surface area (Å²) in [4.78, 5) is 14.2. The van der Waals surface area contributed by atoms with Crippen molar-refractivity contribution < 1.29 is 14.1 Å². The van der Waals surface area contributed by atoms with E-state index in [1.807, 2.05) is 32.7 Å². The molecular formula is C15H25N3O3. The summed E-state index contributed by atoms with van der Waals surface area (Å²) in [6, 6.07) is -0.208. The number of hydrogen-bond acceptors (Lipinski definition) is 5. The average molecular weight is 295 g/mol. The fraction of sp³-hybridized carbons (Fsp3) is 0.733. The molecule has 1 N–H and O–H groups in total. The van der Waals surface area contributed by atoms with Crippen LogP contribution in [0.2, 0.25) is 0 Å². The Morgan fingerprint density at radius 2 is 2.29 bits per heavy atom. The van der Waals surface area contributed by atoms with Crippen LogP contribution in [0.5, 0.6) is 0 Å². The summed E-state index contributed by atoms with van der Waals surface area (Å²) in [6.07, 6.45) is 2.29. The van der Waals surface area contributed by atoms with Crippen molar-refractivity contribution in [1.29, 1.82) is 0 Å². The number of aromatic nitrogens is 1. The van der Waals surface area contributed by atoms with Crippen molar-refractivity contribution in [2.24, 2.45) is 0 Å². The van der Waals surface area contributed by atoms with Crippen LogP contribution in [0.4, 0.5) is 0 Å². The number of nitrogens with one attached hydrogen (secondary N) is 1. The molecule has 0 spiro atoms. The first-order valence-corrected chi connectivity index (χ1v) is 7.50. The summed E-state index contributed by atoms with van der Waals surface area (Å²) in [5.74, 6) is 0.839. The molecule has 0 bridgehead atoms. The van der Waals surface area contributed by atoms with Gasteiger partial charge in [0.25, 0.3) is 0 Å². The van der Waals surface area contributed by atoms with Crippen molar-refractivity contribution in [3.8, 4) is 0 Å². The number of aryl methyl sites for hydroxylation is 2. The van der Waals surface area contributed by atoms with Gasteiger partial charge in [0.15, 0.2) is 0 Å². The third kappa shape index (κ3) is 4.04. The number of carbonyl (C=O) groups excluding carboxylic acids is 1. The molecule has 0 saturated carbocycles. The summed E-state index contributed by atoms with van der Waals surface area (Å²) in [6.45, 7) is 7.77. The first kappa shape index (κ1) is 16.0. The van der Waals surface area contributed by atoms with Crippen LogP contribution in [0, 0.1) is 13.8 Å². The number of likely N-dealkylation sites (N-methyl/N-ethyl adjacent to an activating group) is 1. The zero-order valence-corrected chi connectivity index (χ0v) is 13.3. The van der Waals surface area contributed by atoms with E-state index in [1.54, 1.807) is 0 Å². The first-order valence-electron chi connectivity index (χ1n) is 7.50. The van der Waals surface area contributed by atoms with E-state index in [1.165, 1.54) is 0 Å². The third-order valence-corrected chi connectivity index (χ3v) is 4.16. The lowest BCUT2D eigenvalue weighted by Crippen LogP contribution is -2.45. The molecule has 0 unspecified atom stereocenters. The largest absolute Gasteiger partial charge is 0.376 e. The van der Waals surface area contributed by atoms with Gasteiger partial charge in [-0.05, 0) is 40.7 Å². The van der Waals surface area contributed by atoms with Gasteiger partial charge < -0.3 is 14.6 Å². The van der Waals surface area contributed by atoms with Crippen LogP contribution in [0.1, 0.15) is 36.8 Å². The van der Waals surface area contributed by atoms with Crippen molar-refractivity contribution in [2.45, 2.75) is 52.3 Å². The Hall–Kier alpha value is -1.40. The number of hydrogen-bond donors (Lipinski definition) is 1. The summed E-state index contributed by atoms with van der Waals surface area (Å²) in [5.41, 5.74) is 1.93. The molecule has 1 fully saturated rings. The molecule has 1 saturated heterocycles. The molecule has 1 aromatic rings. The van der Waals surface area contributed by atoms with Gasteiger partial charge in [-0.2, -0.15) is 0 Å². The minimum absolute atomic E-state index is 0.0276. The highest BCUT2D eigenvalue weighted by molar-refractivity contribution is 5.81. The summed E-state index contributed by atoms with van der Waals surface area (Å²) in [5, 5.41) is 6.91. The minimum atomic E-state index is -0.208. The predicted octanol–water partition coefficient (Wildman–Crippen LogP) is 1.41. The van der Waals surface area contributed by atoms with E-state index < -0.39 is 0 Å². The predicted molar refractivity (Wildman–Crippen MR) is 78.9 cm³/mol. The molecule has 118 valence electrons. The number of rotatable bonds is 6. The standard InChI is InChI=1S/C15H25N3O3/c1-10-14(12(3)21-17-10)9-18(4)11(2)15(19)16-8-13-6-5-7-20-13/h11,13H,5-9H2,1-4H3,(H,16,19)/t11-,13+/m0/s1. The van der Waals surface area contributed by atoms with Gasteiger partial charge in [0.05, 0.1) is 17.8 Å². The summed E-state index contributed by atoms with van der Waals surface area (Å²) >= 11 is 0. The Bertz CT molecular complexity index is 461. The molecule has 0 radical (unpaired) electrons. The fourth-order valence-electron chi connectivity index (χ4n) is 2.48. The second-order valence-corrected chi connectivity index (χ2v) is 5.77. The van der Waals surface area contributed by atoms with Gasteiger partial charge in [0.2, 0.25) is 5.91 Å². The maximum Gasteiger partial charge on any atom is 0.237 e. The topological polar surface area (TPSA) is 67.6 Å². The number of ether oxygens (including phenoxy) is 1. The molecular weight excluding hydrogens is 270 g/mol. The summed E-state index contributed by atoms with van der Waals surface area (Å²) < 4.78 is 10.7. The maximum absolute atomic E-state index is 12.2. The molecule has 6 nitrogen and oxygen atoms in total. The van der Waals surface area contributed by atoms with E-state index in [4.69, 9.17) is 9.26 Å². The molecule has 1 aromatic heterocycles. The Kier molecular flexibility index (Phi) is 5.36. The zero-order chi connectivity index (χ0) is 15.4. The maximum atomic E-state index is 12.2. The smallest absolute Gasteiger partial charge is 0.237 e. The highest BCUT2D eigenvalue weighted by Crippen LogP contribution is 2.15. The second kappa shape index (κ2) is 7.04. The van der Waals surface area contributed by atoms with Crippen LogP contribution in [0.3, 0.4) is 0 Å². The molecule has 2 atom stereocenters. The van der Waals surface area contributed by atoms with Gasteiger partial charge in [-0.15, -0.1) is 0 Å². The summed E-state index contributed by atoms with van der Waals surface area (Å²) in [7, 11) is 1.93. The van der Waals surface area contributed by atoms with Gasteiger partial charge in [0.1, 0.15) is 5.76 Å². The van der Waals surface area contributed by atoms with Gasteiger partial charge in [-0.1, -0.05) is 5.16 Å². The molecule has 2 heterocycles. The van der Waals surface area contributed by atoms with E-state index in [-0.39, 0.29) is 18.1 Å². The van der Waals surface area contributed by atoms with Gasteiger partial charge in [-0.25, -0.2) is 0 Å². The lowest BCUT2D eigenvalue weighted by molar-refractivity contribution is -0.126. The molecule has 6 heteroatoms. The monoisotopic (exact) mass is 295 g/mol. The van der Waals surface area contributed by atoms with Crippen LogP contribution in [-0.2, 0) is 16.1 Å². The first-order chi connectivity index (χ1) is 9.99. The molecule has 0 aliphatic carbocycles. The number of carbonyl (C=O) groups is 1. The van der Waals surface area contributed by atoms with Crippen LogP contribution >= 0.6 is 0 Å². The van der Waals surface area contributed by atoms with E-state index in [0.29, 0.717) is 13.1 Å². The van der Waals surface area contributed by atoms with Crippen molar-refractivity contribution in [3.05, 3.63) is 17.0 Å². The Balaban J connectivity index is 1.83. The van der Waals surface area contributed by atoms with Crippen LogP contribution in [-0.4, -0.2) is 48.3 Å². The molecule has 0 aromatic carbocycles. The van der Waals surface area contributed by atoms with Crippen LogP contribution < -0.4 is 5.32 Å². The van der Waals surface area contributed by atoms with Crippen molar-refractivity contribution in [3.63, 3.8) is 0 Å². The van der Waals surface area contributed by atoms with Crippen molar-refractivity contribution in [2.75, 3.05) is 20.2 Å². The van der Waals surface area contributed by atoms with E-state index in [2.05, 4.69) is 10.5 Å². The van der Waals surface area contributed by atoms with E-state index in [9.17, 15) is 4.79 Å². The normalized spacial score (nSPS) is 20.0. The zero-order valence-electron chi connectivity index (χ0n) is 13.3. The minimum Gasteiger partial charge on any atom is -0.376 e. The lowest BCUT2D eigenvalue weighted by atomic mass is 10.1.